The van der Waals surface area contributed by atoms with Crippen molar-refractivity contribution in [1.82, 2.24) is 9.97 Å². The quantitative estimate of drug-likeness (QED) is 0.752. The predicted octanol–water partition coefficient (Wildman–Crippen LogP) is 3.21. The third-order valence-electron chi connectivity index (χ3n) is 2.36. The number of hydrogen-bond donors (Lipinski definition) is 0. The zero-order valence-corrected chi connectivity index (χ0v) is 14.8. The molecule has 0 aliphatic heterocycles. The second-order valence-corrected chi connectivity index (χ2v) is 7.17. The molecule has 1 aromatic rings. The Hall–Kier alpha value is -2.33. The number of anilines is 1. The van der Waals surface area contributed by atoms with E-state index in [9.17, 15) is 22.5 Å². The molecule has 140 valence electrons. The Balaban J connectivity index is 3.32. The molecule has 1 heterocycles. The van der Waals surface area contributed by atoms with Crippen LogP contribution < -0.4 is 10.5 Å². The van der Waals surface area contributed by atoms with Crippen LogP contribution in [0.4, 0.5) is 28.4 Å². The van der Waals surface area contributed by atoms with Crippen LogP contribution in [-0.2, 0) is 9.47 Å². The van der Waals surface area contributed by atoms with Gasteiger partial charge >= 0.3 is 19.2 Å². The lowest BCUT2D eigenvalue weighted by molar-refractivity contribution is 0.0429. The van der Waals surface area contributed by atoms with E-state index >= 15 is 0 Å². The highest BCUT2D eigenvalue weighted by molar-refractivity contribution is 6.72. The zero-order chi connectivity index (χ0) is 19.6. The van der Waals surface area contributed by atoms with Gasteiger partial charge in [-0.25, -0.2) is 9.59 Å². The van der Waals surface area contributed by atoms with Crippen molar-refractivity contribution in [2.75, 3.05) is 4.90 Å². The van der Waals surface area contributed by atoms with Gasteiger partial charge < -0.3 is 22.4 Å². The number of ether oxygens (including phenoxy) is 2. The molecule has 7 nitrogen and oxygen atoms in total. The summed E-state index contributed by atoms with van der Waals surface area (Å²) in [6, 6.07) is 0. The minimum atomic E-state index is -5.46. The maximum absolute atomic E-state index is 12.9. The molecule has 0 unspecified atom stereocenters. The van der Waals surface area contributed by atoms with Crippen molar-refractivity contribution in [2.24, 2.45) is 0 Å². The minimum absolute atomic E-state index is 0.287. The Bertz CT molecular complexity index is 626. The molecular formula is C14H20BF3N3O4-. The number of hydrogen-bond acceptors (Lipinski definition) is 6. The molecule has 0 spiro atoms. The third-order valence-corrected chi connectivity index (χ3v) is 2.36. The minimum Gasteiger partial charge on any atom is -0.444 e. The molecule has 1 rings (SSSR count). The summed E-state index contributed by atoms with van der Waals surface area (Å²) < 4.78 is 48.8. The van der Waals surface area contributed by atoms with Gasteiger partial charge in [-0.2, -0.15) is 4.90 Å². The Morgan fingerprint density at radius 3 is 1.76 bits per heavy atom. The van der Waals surface area contributed by atoms with E-state index in [-0.39, 0.29) is 4.90 Å². The van der Waals surface area contributed by atoms with Crippen molar-refractivity contribution in [3.8, 4) is 0 Å². The van der Waals surface area contributed by atoms with Gasteiger partial charge in [0.25, 0.3) is 0 Å². The van der Waals surface area contributed by atoms with Gasteiger partial charge in [-0.05, 0) is 41.5 Å². The third kappa shape index (κ3) is 6.59. The van der Waals surface area contributed by atoms with Crippen LogP contribution in [0, 0.1) is 0 Å². The van der Waals surface area contributed by atoms with Crippen LogP contribution in [0.5, 0.6) is 0 Å². The summed E-state index contributed by atoms with van der Waals surface area (Å²) in [5, 5.41) is 0. The van der Waals surface area contributed by atoms with E-state index in [0.717, 1.165) is 6.20 Å². The molecular weight excluding hydrogens is 342 g/mol. The van der Waals surface area contributed by atoms with Gasteiger partial charge in [0.1, 0.15) is 11.2 Å². The number of imide groups is 1. The number of aromatic nitrogens is 2. The summed E-state index contributed by atoms with van der Waals surface area (Å²) in [5.74, 6) is -0.639. The molecule has 0 N–H and O–H groups in total. The van der Waals surface area contributed by atoms with E-state index in [1.165, 1.54) is 0 Å². The van der Waals surface area contributed by atoms with Crippen LogP contribution >= 0.6 is 0 Å². The Morgan fingerprint density at radius 2 is 1.40 bits per heavy atom. The standard InChI is InChI=1S/C14H20BF3N3O4/c1-13(2,3)24-11(22)21(12(23)25-14(4,5)6)10-8-19-7-9(20-10)15(16,17)18/h7-8H,1-6H3/q-1. The fourth-order valence-electron chi connectivity index (χ4n) is 1.51. The first kappa shape index (κ1) is 20.7. The van der Waals surface area contributed by atoms with E-state index in [2.05, 4.69) is 9.97 Å². The first-order valence-electron chi connectivity index (χ1n) is 7.38. The molecule has 1 aromatic heterocycles. The first-order valence-corrected chi connectivity index (χ1v) is 7.38. The number of carbonyl (C=O) groups excluding carboxylic acids is 2. The van der Waals surface area contributed by atoms with Crippen molar-refractivity contribution in [2.45, 2.75) is 52.7 Å². The Morgan fingerprint density at radius 1 is 0.960 bits per heavy atom. The molecule has 11 heteroatoms. The summed E-state index contributed by atoms with van der Waals surface area (Å²) in [5.41, 5.74) is -3.28. The molecule has 0 aliphatic rings. The van der Waals surface area contributed by atoms with Gasteiger partial charge in [0.15, 0.2) is 5.82 Å². The fraction of sp³-hybridized carbons (Fsp3) is 0.571. The maximum Gasteiger partial charge on any atom is 0.529 e. The number of nitrogens with zero attached hydrogens (tertiary/aromatic N) is 3. The molecule has 0 aromatic carbocycles. The van der Waals surface area contributed by atoms with Crippen LogP contribution in [0.15, 0.2) is 12.4 Å². The smallest absolute Gasteiger partial charge is 0.444 e. The monoisotopic (exact) mass is 362 g/mol. The van der Waals surface area contributed by atoms with Crippen LogP contribution in [0.1, 0.15) is 41.5 Å². The molecule has 0 saturated carbocycles. The van der Waals surface area contributed by atoms with Crippen molar-refractivity contribution in [1.29, 1.82) is 0 Å². The average molecular weight is 362 g/mol. The lowest BCUT2D eigenvalue weighted by Gasteiger charge is -2.28. The summed E-state index contributed by atoms with van der Waals surface area (Å²) in [6.07, 6.45) is -1.09. The highest BCUT2D eigenvalue weighted by Crippen LogP contribution is 2.19. The van der Waals surface area contributed by atoms with Crippen molar-refractivity contribution < 1.29 is 32.0 Å². The van der Waals surface area contributed by atoms with Crippen LogP contribution in [0.3, 0.4) is 0 Å². The molecule has 0 atom stereocenters. The number of amides is 2. The highest BCUT2D eigenvalue weighted by atomic mass is 19.4. The van der Waals surface area contributed by atoms with Gasteiger partial charge in [0.2, 0.25) is 0 Å². The van der Waals surface area contributed by atoms with Crippen LogP contribution in [0.2, 0.25) is 0 Å². The van der Waals surface area contributed by atoms with Gasteiger partial charge in [-0.1, -0.05) is 0 Å². The first-order chi connectivity index (χ1) is 11.1. The molecule has 0 aliphatic carbocycles. The van der Waals surface area contributed by atoms with Crippen LogP contribution in [0.25, 0.3) is 0 Å². The number of carbonyl (C=O) groups is 2. The topological polar surface area (TPSA) is 81.6 Å². The largest absolute Gasteiger partial charge is 0.529 e. The lowest BCUT2D eigenvalue weighted by Crippen LogP contribution is -2.46. The normalized spacial score (nSPS) is 12.5. The molecule has 25 heavy (non-hydrogen) atoms. The molecule has 2 amide bonds. The molecule has 0 radical (unpaired) electrons. The van der Waals surface area contributed by atoms with Crippen molar-refractivity contribution >= 4 is 30.6 Å². The maximum atomic E-state index is 12.9. The molecule has 0 saturated heterocycles. The number of halogens is 3. The lowest BCUT2D eigenvalue weighted by atomic mass is 9.87. The van der Waals surface area contributed by atoms with E-state index in [4.69, 9.17) is 9.47 Å². The zero-order valence-electron chi connectivity index (χ0n) is 14.8. The van der Waals surface area contributed by atoms with Crippen LogP contribution in [-0.4, -0.2) is 40.3 Å². The van der Waals surface area contributed by atoms with Gasteiger partial charge in [0.05, 0.1) is 6.20 Å². The summed E-state index contributed by atoms with van der Waals surface area (Å²) in [7, 11) is 0. The SMILES string of the molecule is CC(C)(C)OC(=O)N(C(=O)OC(C)(C)C)c1cncc([B-](F)(F)F)n1. The predicted molar refractivity (Wildman–Crippen MR) is 85.7 cm³/mol. The Kier molecular flexibility index (Phi) is 5.71. The van der Waals surface area contributed by atoms with Crippen molar-refractivity contribution in [3.05, 3.63) is 12.4 Å². The molecule has 0 fully saturated rings. The molecule has 0 bridgehead atoms. The van der Waals surface area contributed by atoms with Gasteiger partial charge in [0, 0.05) is 11.8 Å². The van der Waals surface area contributed by atoms with E-state index < -0.39 is 41.8 Å². The van der Waals surface area contributed by atoms with E-state index in [1.54, 1.807) is 41.5 Å². The average Bonchev–Trinajstić information content (AvgIpc) is 2.33. The summed E-state index contributed by atoms with van der Waals surface area (Å²) in [4.78, 5) is 31.6. The second kappa shape index (κ2) is 6.89. The Labute approximate surface area is 143 Å². The number of rotatable bonds is 2. The van der Waals surface area contributed by atoms with Gasteiger partial charge in [-0.3, -0.25) is 9.97 Å². The van der Waals surface area contributed by atoms with E-state index in [1.807, 2.05) is 0 Å². The second-order valence-electron chi connectivity index (χ2n) is 7.17. The summed E-state index contributed by atoms with van der Waals surface area (Å²) in [6.45, 7) is 3.78. The summed E-state index contributed by atoms with van der Waals surface area (Å²) >= 11 is 0. The highest BCUT2D eigenvalue weighted by Gasteiger charge is 2.35. The fourth-order valence-corrected chi connectivity index (χ4v) is 1.51. The van der Waals surface area contributed by atoms with E-state index in [0.29, 0.717) is 6.20 Å². The van der Waals surface area contributed by atoms with Gasteiger partial charge in [-0.15, -0.1) is 0 Å². The van der Waals surface area contributed by atoms with Crippen molar-refractivity contribution in [3.63, 3.8) is 0 Å².